The average molecular weight is 417 g/mol. The van der Waals surface area contributed by atoms with Crippen LogP contribution in [0.4, 0.5) is 0 Å². The molecule has 4 nitrogen and oxygen atoms in total. The van der Waals surface area contributed by atoms with Crippen molar-refractivity contribution in [1.82, 2.24) is 10.2 Å². The molecule has 1 fully saturated rings. The number of aliphatic hydroxyl groups excluding tert-OH is 1. The first kappa shape index (κ1) is 17.2. The van der Waals surface area contributed by atoms with Gasteiger partial charge in [0.15, 0.2) is 0 Å². The molecule has 1 aliphatic rings. The van der Waals surface area contributed by atoms with Crippen LogP contribution in [-0.4, -0.2) is 47.9 Å². The standard InChI is InChI=1S/C12H16Br2N2O2.ClH/c13-8-5-9(12(18)10(14)6-8)11(7-17)16-3-1-15-2-4-16;/h5-6,11,15,17-18H,1-4,7H2;1H/t11-;/m0./s1. The summed E-state index contributed by atoms with van der Waals surface area (Å²) in [6.07, 6.45) is 0. The van der Waals surface area contributed by atoms with Crippen molar-refractivity contribution in [3.8, 4) is 5.75 Å². The van der Waals surface area contributed by atoms with Crippen molar-refractivity contribution < 1.29 is 10.2 Å². The van der Waals surface area contributed by atoms with E-state index < -0.39 is 0 Å². The highest BCUT2D eigenvalue weighted by Gasteiger charge is 2.25. The molecule has 0 aliphatic carbocycles. The molecule has 1 heterocycles. The van der Waals surface area contributed by atoms with Gasteiger partial charge in [-0.2, -0.15) is 0 Å². The van der Waals surface area contributed by atoms with Crippen LogP contribution in [0.3, 0.4) is 0 Å². The number of hydrogen-bond acceptors (Lipinski definition) is 4. The van der Waals surface area contributed by atoms with Crippen LogP contribution in [0.25, 0.3) is 0 Å². The van der Waals surface area contributed by atoms with Gasteiger partial charge in [-0.1, -0.05) is 15.9 Å². The number of aromatic hydroxyl groups is 1. The quantitative estimate of drug-likeness (QED) is 0.708. The lowest BCUT2D eigenvalue weighted by Crippen LogP contribution is -2.46. The molecule has 0 spiro atoms. The number of phenolic OH excluding ortho intramolecular Hbond substituents is 1. The molecule has 1 atom stereocenters. The van der Waals surface area contributed by atoms with Crippen LogP contribution in [0.15, 0.2) is 21.1 Å². The van der Waals surface area contributed by atoms with Gasteiger partial charge >= 0.3 is 0 Å². The third-order valence-electron chi connectivity index (χ3n) is 3.18. The largest absolute Gasteiger partial charge is 0.506 e. The van der Waals surface area contributed by atoms with Crippen LogP contribution >= 0.6 is 44.3 Å². The highest BCUT2D eigenvalue weighted by atomic mass is 79.9. The third-order valence-corrected chi connectivity index (χ3v) is 4.24. The van der Waals surface area contributed by atoms with E-state index in [9.17, 15) is 10.2 Å². The molecule has 1 saturated heterocycles. The maximum absolute atomic E-state index is 10.1. The number of halogens is 3. The zero-order valence-corrected chi connectivity index (χ0v) is 14.3. The number of piperazine rings is 1. The summed E-state index contributed by atoms with van der Waals surface area (Å²) < 4.78 is 1.52. The number of phenols is 1. The van der Waals surface area contributed by atoms with Gasteiger partial charge in [-0.15, -0.1) is 12.4 Å². The smallest absolute Gasteiger partial charge is 0.134 e. The normalized spacial score (nSPS) is 17.8. The fraction of sp³-hybridized carbons (Fsp3) is 0.500. The van der Waals surface area contributed by atoms with Crippen molar-refractivity contribution in [3.63, 3.8) is 0 Å². The lowest BCUT2D eigenvalue weighted by atomic mass is 10.0. The molecule has 7 heteroatoms. The molecule has 0 saturated carbocycles. The average Bonchev–Trinajstić information content (AvgIpc) is 2.37. The van der Waals surface area contributed by atoms with Gasteiger partial charge in [-0.05, 0) is 28.1 Å². The maximum Gasteiger partial charge on any atom is 0.134 e. The summed E-state index contributed by atoms with van der Waals surface area (Å²) in [5.74, 6) is 0.204. The van der Waals surface area contributed by atoms with Crippen molar-refractivity contribution in [2.75, 3.05) is 32.8 Å². The fourth-order valence-corrected chi connectivity index (χ4v) is 3.50. The monoisotopic (exact) mass is 414 g/mol. The molecule has 0 radical (unpaired) electrons. The SMILES string of the molecule is Cl.OC[C@@H](c1cc(Br)cc(Br)c1O)N1CCNCC1. The maximum atomic E-state index is 10.1. The molecule has 0 bridgehead atoms. The summed E-state index contributed by atoms with van der Waals surface area (Å²) in [4.78, 5) is 2.18. The Balaban J connectivity index is 0.00000180. The van der Waals surface area contributed by atoms with Crippen LogP contribution in [0.5, 0.6) is 5.75 Å². The van der Waals surface area contributed by atoms with E-state index in [2.05, 4.69) is 42.1 Å². The molecule has 0 unspecified atom stereocenters. The number of aliphatic hydroxyl groups is 1. The van der Waals surface area contributed by atoms with Crippen molar-refractivity contribution >= 4 is 44.3 Å². The second-order valence-corrected chi connectivity index (χ2v) is 6.08. The molecule has 19 heavy (non-hydrogen) atoms. The number of hydrogen-bond donors (Lipinski definition) is 3. The Labute approximate surface area is 135 Å². The topological polar surface area (TPSA) is 55.7 Å². The molecule has 1 aromatic carbocycles. The van der Waals surface area contributed by atoms with Crippen LogP contribution in [0, 0.1) is 0 Å². The molecular formula is C12H17Br2ClN2O2. The number of benzene rings is 1. The second kappa shape index (κ2) is 7.81. The van der Waals surface area contributed by atoms with Crippen LogP contribution in [0.2, 0.25) is 0 Å². The van der Waals surface area contributed by atoms with Gasteiger partial charge < -0.3 is 15.5 Å². The first-order chi connectivity index (χ1) is 8.63. The second-order valence-electron chi connectivity index (χ2n) is 4.31. The first-order valence-electron chi connectivity index (χ1n) is 5.87. The van der Waals surface area contributed by atoms with Gasteiger partial charge in [-0.3, -0.25) is 4.90 Å². The summed E-state index contributed by atoms with van der Waals surface area (Å²) in [5.41, 5.74) is 0.751. The summed E-state index contributed by atoms with van der Waals surface area (Å²) in [6.45, 7) is 3.55. The van der Waals surface area contributed by atoms with Crippen LogP contribution < -0.4 is 5.32 Å². The highest BCUT2D eigenvalue weighted by molar-refractivity contribution is 9.11. The zero-order chi connectivity index (χ0) is 13.1. The molecule has 0 aromatic heterocycles. The van der Waals surface area contributed by atoms with E-state index in [1.54, 1.807) is 6.07 Å². The molecule has 0 amide bonds. The van der Waals surface area contributed by atoms with E-state index in [1.807, 2.05) is 6.07 Å². The molecule has 3 N–H and O–H groups in total. The summed E-state index contributed by atoms with van der Waals surface area (Å²) in [5, 5.41) is 23.0. The Hall–Kier alpha value is 0.150. The van der Waals surface area contributed by atoms with E-state index in [4.69, 9.17) is 0 Å². The lowest BCUT2D eigenvalue weighted by molar-refractivity contribution is 0.109. The third kappa shape index (κ3) is 4.06. The molecule has 1 aliphatic heterocycles. The number of nitrogens with one attached hydrogen (secondary N) is 1. The van der Waals surface area contributed by atoms with Crippen molar-refractivity contribution in [2.45, 2.75) is 6.04 Å². The molecule has 108 valence electrons. The van der Waals surface area contributed by atoms with E-state index in [0.717, 1.165) is 36.2 Å². The Morgan fingerprint density at radius 2 is 1.89 bits per heavy atom. The first-order valence-corrected chi connectivity index (χ1v) is 7.45. The zero-order valence-electron chi connectivity index (χ0n) is 10.3. The number of nitrogens with zero attached hydrogens (tertiary/aromatic N) is 1. The number of rotatable bonds is 3. The minimum Gasteiger partial charge on any atom is -0.506 e. The Bertz CT molecular complexity index is 428. The Kier molecular flexibility index (Phi) is 7.07. The summed E-state index contributed by atoms with van der Waals surface area (Å²) in [6, 6.07) is 3.49. The minimum atomic E-state index is -0.166. The molecule has 2 rings (SSSR count). The van der Waals surface area contributed by atoms with Gasteiger partial charge in [0.1, 0.15) is 5.75 Å². The minimum absolute atomic E-state index is 0. The van der Waals surface area contributed by atoms with Crippen molar-refractivity contribution in [1.29, 1.82) is 0 Å². The van der Waals surface area contributed by atoms with E-state index in [0.29, 0.717) is 4.47 Å². The van der Waals surface area contributed by atoms with Crippen molar-refractivity contribution in [2.24, 2.45) is 0 Å². The van der Waals surface area contributed by atoms with Gasteiger partial charge in [0.25, 0.3) is 0 Å². The predicted octanol–water partition coefficient (Wildman–Crippen LogP) is 2.28. The van der Waals surface area contributed by atoms with Gasteiger partial charge in [0, 0.05) is 36.2 Å². The summed E-state index contributed by atoms with van der Waals surface area (Å²) in [7, 11) is 0. The highest BCUT2D eigenvalue weighted by Crippen LogP contribution is 2.37. The van der Waals surface area contributed by atoms with Gasteiger partial charge in [0.2, 0.25) is 0 Å². The fourth-order valence-electron chi connectivity index (χ4n) is 2.24. The van der Waals surface area contributed by atoms with Gasteiger partial charge in [0.05, 0.1) is 17.1 Å². The summed E-state index contributed by atoms with van der Waals surface area (Å²) >= 11 is 6.74. The predicted molar refractivity (Wildman–Crippen MR) is 85.0 cm³/mol. The Morgan fingerprint density at radius 1 is 1.26 bits per heavy atom. The molecule has 1 aromatic rings. The van der Waals surface area contributed by atoms with E-state index >= 15 is 0 Å². The Morgan fingerprint density at radius 3 is 2.47 bits per heavy atom. The van der Waals surface area contributed by atoms with Crippen molar-refractivity contribution in [3.05, 3.63) is 26.6 Å². The lowest BCUT2D eigenvalue weighted by Gasteiger charge is -2.34. The van der Waals surface area contributed by atoms with Gasteiger partial charge in [-0.25, -0.2) is 0 Å². The van der Waals surface area contributed by atoms with Crippen LogP contribution in [-0.2, 0) is 0 Å². The van der Waals surface area contributed by atoms with E-state index in [-0.39, 0.29) is 30.8 Å². The van der Waals surface area contributed by atoms with Crippen LogP contribution in [0.1, 0.15) is 11.6 Å². The molecular weight excluding hydrogens is 399 g/mol. The van der Waals surface area contributed by atoms with E-state index in [1.165, 1.54) is 0 Å².